The third-order valence-electron chi connectivity index (χ3n) is 3.25. The van der Waals surface area contributed by atoms with Gasteiger partial charge in [0.05, 0.1) is 23.4 Å². The van der Waals surface area contributed by atoms with Gasteiger partial charge in [-0.2, -0.15) is 0 Å². The van der Waals surface area contributed by atoms with E-state index in [9.17, 15) is 0 Å². The number of fused-ring (bicyclic) bond motifs is 4. The summed E-state index contributed by atoms with van der Waals surface area (Å²) in [6.45, 7) is 0. The summed E-state index contributed by atoms with van der Waals surface area (Å²) in [5.41, 5.74) is 2.77. The highest BCUT2D eigenvalue weighted by atomic mass is 15.1. The van der Waals surface area contributed by atoms with Crippen molar-refractivity contribution in [3.63, 3.8) is 0 Å². The predicted octanol–water partition coefficient (Wildman–Crippen LogP) is 2.03. The van der Waals surface area contributed by atoms with E-state index in [-0.39, 0.29) is 0 Å². The van der Waals surface area contributed by atoms with E-state index in [1.165, 1.54) is 0 Å². The van der Waals surface area contributed by atoms with Crippen LogP contribution >= 0.6 is 0 Å². The van der Waals surface area contributed by atoms with E-state index in [4.69, 9.17) is 0 Å². The smallest absolute Gasteiger partial charge is 0.149 e. The molecular formula is C13H10N4. The molecule has 1 N–H and O–H groups in total. The second-order valence-electron chi connectivity index (χ2n) is 4.29. The van der Waals surface area contributed by atoms with Gasteiger partial charge in [-0.25, -0.2) is 9.97 Å². The van der Waals surface area contributed by atoms with Crippen LogP contribution in [0.3, 0.4) is 0 Å². The van der Waals surface area contributed by atoms with Crippen LogP contribution in [0.25, 0.3) is 11.0 Å². The molecule has 1 aliphatic carbocycles. The van der Waals surface area contributed by atoms with Crippen LogP contribution in [-0.2, 0) is 0 Å². The van der Waals surface area contributed by atoms with Gasteiger partial charge in [-0.15, -0.1) is 0 Å². The first-order valence-electron chi connectivity index (χ1n) is 5.65. The number of hydrogen-bond donors (Lipinski definition) is 1. The van der Waals surface area contributed by atoms with Crippen LogP contribution in [0, 0.1) is 0 Å². The van der Waals surface area contributed by atoms with Crippen LogP contribution in [0.15, 0.2) is 42.8 Å². The molecule has 2 aromatic rings. The predicted molar refractivity (Wildman–Crippen MR) is 65.8 cm³/mol. The van der Waals surface area contributed by atoms with Crippen molar-refractivity contribution < 1.29 is 0 Å². The minimum absolute atomic E-state index is 0.291. The standard InChI is InChI=1S/C13H10N4/c1-2-4-9-8(3-1)12-13(16-9)17-10-5-6-14-7-11(10)15-12/h1-9H,(H,16,17). The normalized spacial score (nSPS) is 24.5. The Morgan fingerprint density at radius 3 is 3.00 bits per heavy atom. The zero-order valence-corrected chi connectivity index (χ0v) is 9.04. The summed E-state index contributed by atoms with van der Waals surface area (Å²) in [5, 5.41) is 3.40. The van der Waals surface area contributed by atoms with E-state index in [0.717, 1.165) is 22.5 Å². The minimum Gasteiger partial charge on any atom is -0.361 e. The molecule has 2 aromatic heterocycles. The molecule has 1 aliphatic heterocycles. The third-order valence-corrected chi connectivity index (χ3v) is 3.25. The van der Waals surface area contributed by atoms with Crippen LogP contribution < -0.4 is 5.32 Å². The van der Waals surface area contributed by atoms with Gasteiger partial charge in [-0.05, 0) is 6.07 Å². The monoisotopic (exact) mass is 222 g/mol. The molecule has 0 fully saturated rings. The lowest BCUT2D eigenvalue weighted by Gasteiger charge is -2.14. The van der Waals surface area contributed by atoms with E-state index >= 15 is 0 Å². The van der Waals surface area contributed by atoms with Gasteiger partial charge in [0.25, 0.3) is 0 Å². The Bertz CT molecular complexity index is 660. The average Bonchev–Trinajstić information content (AvgIpc) is 2.73. The maximum absolute atomic E-state index is 4.67. The molecule has 0 bridgehead atoms. The maximum atomic E-state index is 4.67. The number of nitrogens with one attached hydrogen (secondary N) is 1. The maximum Gasteiger partial charge on any atom is 0.149 e. The lowest BCUT2D eigenvalue weighted by molar-refractivity contribution is 0.787. The highest BCUT2D eigenvalue weighted by molar-refractivity contribution is 5.76. The summed E-state index contributed by atoms with van der Waals surface area (Å²) in [4.78, 5) is 13.4. The van der Waals surface area contributed by atoms with E-state index in [1.54, 1.807) is 12.4 Å². The summed E-state index contributed by atoms with van der Waals surface area (Å²) < 4.78 is 0. The van der Waals surface area contributed by atoms with Gasteiger partial charge in [0, 0.05) is 12.1 Å². The van der Waals surface area contributed by atoms with Crippen LogP contribution in [0.5, 0.6) is 0 Å². The number of pyridine rings is 1. The zero-order chi connectivity index (χ0) is 11.2. The summed E-state index contributed by atoms with van der Waals surface area (Å²) in [7, 11) is 0. The average molecular weight is 222 g/mol. The Balaban J connectivity index is 1.96. The quantitative estimate of drug-likeness (QED) is 0.741. The topological polar surface area (TPSA) is 50.7 Å². The molecule has 0 amide bonds. The van der Waals surface area contributed by atoms with E-state index in [1.807, 2.05) is 6.07 Å². The number of nitrogens with zero attached hydrogens (tertiary/aromatic N) is 3. The first-order chi connectivity index (χ1) is 8.42. The van der Waals surface area contributed by atoms with Gasteiger partial charge in [0.2, 0.25) is 0 Å². The molecule has 2 aliphatic rings. The van der Waals surface area contributed by atoms with Gasteiger partial charge < -0.3 is 5.32 Å². The minimum atomic E-state index is 0.291. The first-order valence-corrected chi connectivity index (χ1v) is 5.65. The van der Waals surface area contributed by atoms with E-state index in [0.29, 0.717) is 12.0 Å². The molecule has 0 radical (unpaired) electrons. The van der Waals surface area contributed by atoms with Crippen molar-refractivity contribution in [2.45, 2.75) is 12.0 Å². The molecule has 3 heterocycles. The van der Waals surface area contributed by atoms with E-state index in [2.05, 4.69) is 44.6 Å². The molecule has 17 heavy (non-hydrogen) atoms. The Morgan fingerprint density at radius 2 is 2.00 bits per heavy atom. The molecule has 4 heteroatoms. The fraction of sp³-hybridized carbons (Fsp3) is 0.154. The van der Waals surface area contributed by atoms with Crippen molar-refractivity contribution in [1.82, 2.24) is 15.0 Å². The summed E-state index contributed by atoms with van der Waals surface area (Å²) in [6.07, 6.45) is 11.9. The highest BCUT2D eigenvalue weighted by Crippen LogP contribution is 2.37. The Morgan fingerprint density at radius 1 is 1.06 bits per heavy atom. The molecule has 0 spiro atoms. The number of aromatic nitrogens is 3. The summed E-state index contributed by atoms with van der Waals surface area (Å²) in [5.74, 6) is 1.20. The molecule has 4 rings (SSSR count). The number of anilines is 1. The van der Waals surface area contributed by atoms with Gasteiger partial charge >= 0.3 is 0 Å². The third kappa shape index (κ3) is 1.21. The SMILES string of the molecule is C1=CC2Nc3nc4ccncc4nc3C2C=C1. The molecule has 82 valence electrons. The largest absolute Gasteiger partial charge is 0.361 e. The van der Waals surface area contributed by atoms with Crippen LogP contribution in [0.1, 0.15) is 11.6 Å². The van der Waals surface area contributed by atoms with Crippen molar-refractivity contribution in [1.29, 1.82) is 0 Å². The molecule has 0 aromatic carbocycles. The van der Waals surface area contributed by atoms with Crippen molar-refractivity contribution >= 4 is 16.9 Å². The lowest BCUT2D eigenvalue weighted by Crippen LogP contribution is -2.17. The number of hydrogen-bond acceptors (Lipinski definition) is 4. The van der Waals surface area contributed by atoms with Crippen molar-refractivity contribution in [2.24, 2.45) is 0 Å². The fourth-order valence-corrected chi connectivity index (χ4v) is 2.42. The van der Waals surface area contributed by atoms with Crippen LogP contribution in [0.2, 0.25) is 0 Å². The molecular weight excluding hydrogens is 212 g/mol. The summed E-state index contributed by atoms with van der Waals surface area (Å²) >= 11 is 0. The molecule has 2 unspecified atom stereocenters. The zero-order valence-electron chi connectivity index (χ0n) is 9.04. The Kier molecular flexibility index (Phi) is 1.63. The molecule has 2 atom stereocenters. The first kappa shape index (κ1) is 8.87. The molecule has 0 saturated carbocycles. The summed E-state index contributed by atoms with van der Waals surface area (Å²) in [6, 6.07) is 2.18. The number of rotatable bonds is 0. The van der Waals surface area contributed by atoms with Crippen molar-refractivity contribution in [3.05, 3.63) is 48.5 Å². The van der Waals surface area contributed by atoms with Gasteiger partial charge in [-0.1, -0.05) is 24.3 Å². The van der Waals surface area contributed by atoms with Gasteiger partial charge in [0.1, 0.15) is 11.3 Å². The number of allylic oxidation sites excluding steroid dienone is 2. The van der Waals surface area contributed by atoms with Crippen molar-refractivity contribution in [3.8, 4) is 0 Å². The van der Waals surface area contributed by atoms with Crippen molar-refractivity contribution in [2.75, 3.05) is 5.32 Å². The lowest BCUT2D eigenvalue weighted by atomic mass is 9.95. The van der Waals surface area contributed by atoms with Gasteiger partial charge in [0.15, 0.2) is 0 Å². The second kappa shape index (κ2) is 3.13. The van der Waals surface area contributed by atoms with Crippen LogP contribution in [0.4, 0.5) is 5.82 Å². The van der Waals surface area contributed by atoms with Gasteiger partial charge in [-0.3, -0.25) is 4.98 Å². The Labute approximate surface area is 98.1 Å². The second-order valence-corrected chi connectivity index (χ2v) is 4.29. The molecule has 4 nitrogen and oxygen atoms in total. The van der Waals surface area contributed by atoms with E-state index < -0.39 is 0 Å². The fourth-order valence-electron chi connectivity index (χ4n) is 2.42. The Hall–Kier alpha value is -2.23. The highest BCUT2D eigenvalue weighted by Gasteiger charge is 2.32. The van der Waals surface area contributed by atoms with Crippen LogP contribution in [-0.4, -0.2) is 21.0 Å². The molecule has 0 saturated heterocycles.